The van der Waals surface area contributed by atoms with Gasteiger partial charge < -0.3 is 23.5 Å². The minimum absolute atomic E-state index is 0.297. The first-order chi connectivity index (χ1) is 13.1. The molecule has 3 aromatic rings. The Balaban J connectivity index is 1.84. The maximum absolute atomic E-state index is 12.9. The Kier molecular flexibility index (Phi) is 4.49. The molecule has 1 amide bonds. The van der Waals surface area contributed by atoms with E-state index in [1.165, 1.54) is 25.6 Å². The van der Waals surface area contributed by atoms with E-state index in [4.69, 9.17) is 18.9 Å². The molecule has 0 radical (unpaired) electrons. The first-order valence-corrected chi connectivity index (χ1v) is 9.13. The third kappa shape index (κ3) is 3.02. The molecule has 27 heavy (non-hydrogen) atoms. The third-order valence-corrected chi connectivity index (χ3v) is 5.41. The molecule has 7 nitrogen and oxygen atoms in total. The topological polar surface area (TPSA) is 71.3 Å². The van der Waals surface area contributed by atoms with Crippen molar-refractivity contribution in [2.45, 2.75) is 0 Å². The predicted molar refractivity (Wildman–Crippen MR) is 101 cm³/mol. The molecular weight excluding hydrogens is 368 g/mol. The normalized spacial score (nSPS) is 13.7. The highest BCUT2D eigenvalue weighted by molar-refractivity contribution is 7.16. The quantitative estimate of drug-likeness (QED) is 0.692. The molecule has 0 atom stereocenters. The van der Waals surface area contributed by atoms with Gasteiger partial charge in [-0.05, 0) is 12.1 Å². The minimum atomic E-state index is -0.427. The number of carbonyl (C=O) groups is 1. The van der Waals surface area contributed by atoms with Crippen molar-refractivity contribution in [1.82, 2.24) is 4.57 Å². The van der Waals surface area contributed by atoms with Crippen LogP contribution in [0.3, 0.4) is 0 Å². The monoisotopic (exact) mass is 386 g/mol. The average molecular weight is 386 g/mol. The smallest absolute Gasteiger partial charge is 0.287 e. The summed E-state index contributed by atoms with van der Waals surface area (Å²) in [5.74, 6) is 1.82. The van der Waals surface area contributed by atoms with E-state index in [-0.39, 0.29) is 0 Å². The summed E-state index contributed by atoms with van der Waals surface area (Å²) in [6, 6.07) is 9.01. The van der Waals surface area contributed by atoms with Gasteiger partial charge in [-0.25, -0.2) is 0 Å². The van der Waals surface area contributed by atoms with Crippen LogP contribution in [-0.2, 0) is 7.05 Å². The molecule has 8 heteroatoms. The third-order valence-electron chi connectivity index (χ3n) is 4.31. The van der Waals surface area contributed by atoms with Gasteiger partial charge in [0, 0.05) is 19.2 Å². The molecule has 0 fully saturated rings. The molecule has 0 spiro atoms. The van der Waals surface area contributed by atoms with Crippen LogP contribution in [0.2, 0.25) is 0 Å². The van der Waals surface area contributed by atoms with Gasteiger partial charge in [0.1, 0.15) is 30.3 Å². The first-order valence-electron chi connectivity index (χ1n) is 8.31. The molecule has 0 N–H and O–H groups in total. The minimum Gasteiger partial charge on any atom is -0.496 e. The number of hydrogen-bond acceptors (Lipinski definition) is 6. The lowest BCUT2D eigenvalue weighted by molar-refractivity contribution is 0.0992. The second-order valence-electron chi connectivity index (χ2n) is 5.86. The standard InChI is InChI=1S/C19H18N2O5S/c1-21-11-9-14-15(26-8-7-25-14)10-16(11)27-19(21)20-18(22)17-12(23-2)5-4-6-13(17)24-3/h4-6,9-10H,7-8H2,1-3H3. The molecule has 0 aliphatic carbocycles. The number of amides is 1. The molecule has 0 bridgehead atoms. The van der Waals surface area contributed by atoms with Gasteiger partial charge in [-0.3, -0.25) is 4.79 Å². The largest absolute Gasteiger partial charge is 0.496 e. The van der Waals surface area contributed by atoms with Gasteiger partial charge in [-0.1, -0.05) is 17.4 Å². The number of methoxy groups -OCH3 is 2. The summed E-state index contributed by atoms with van der Waals surface area (Å²) in [5, 5.41) is 0. The molecule has 2 heterocycles. The molecule has 0 unspecified atom stereocenters. The maximum atomic E-state index is 12.9. The zero-order valence-corrected chi connectivity index (χ0v) is 16.0. The first kappa shape index (κ1) is 17.4. The number of nitrogens with zero attached hydrogens (tertiary/aromatic N) is 2. The Morgan fingerprint density at radius 3 is 2.37 bits per heavy atom. The van der Waals surface area contributed by atoms with E-state index >= 15 is 0 Å². The van der Waals surface area contributed by atoms with Gasteiger partial charge in [0.05, 0.1) is 24.4 Å². The highest BCUT2D eigenvalue weighted by Gasteiger charge is 2.19. The molecular formula is C19H18N2O5S. The molecule has 140 valence electrons. The lowest BCUT2D eigenvalue weighted by Gasteiger charge is -2.18. The number of carbonyl (C=O) groups excluding carboxylic acids is 1. The number of aromatic nitrogens is 1. The van der Waals surface area contributed by atoms with Crippen LogP contribution in [0.4, 0.5) is 0 Å². The fourth-order valence-electron chi connectivity index (χ4n) is 2.98. The summed E-state index contributed by atoms with van der Waals surface area (Å²) in [5.41, 5.74) is 1.22. The molecule has 1 aliphatic rings. The number of thiazole rings is 1. The van der Waals surface area contributed by atoms with Crippen molar-refractivity contribution in [2.24, 2.45) is 12.0 Å². The van der Waals surface area contributed by atoms with Gasteiger partial charge in [0.15, 0.2) is 16.3 Å². The Morgan fingerprint density at radius 1 is 1.11 bits per heavy atom. The Bertz CT molecular complexity index is 1080. The van der Waals surface area contributed by atoms with Crippen LogP contribution in [0.5, 0.6) is 23.0 Å². The number of rotatable bonds is 3. The van der Waals surface area contributed by atoms with Crippen LogP contribution in [-0.4, -0.2) is 37.9 Å². The fourth-order valence-corrected chi connectivity index (χ4v) is 4.00. The van der Waals surface area contributed by atoms with E-state index in [1.807, 2.05) is 23.7 Å². The lowest BCUT2D eigenvalue weighted by atomic mass is 10.1. The Hall–Kier alpha value is -3.00. The van der Waals surface area contributed by atoms with E-state index < -0.39 is 5.91 Å². The molecule has 0 saturated carbocycles. The van der Waals surface area contributed by atoms with E-state index in [9.17, 15) is 4.79 Å². The second kappa shape index (κ2) is 6.96. The van der Waals surface area contributed by atoms with E-state index in [0.717, 1.165) is 10.2 Å². The van der Waals surface area contributed by atoms with E-state index in [0.29, 0.717) is 46.6 Å². The van der Waals surface area contributed by atoms with Crippen LogP contribution in [0.1, 0.15) is 10.4 Å². The van der Waals surface area contributed by atoms with Crippen LogP contribution < -0.4 is 23.7 Å². The molecule has 1 aliphatic heterocycles. The molecule has 2 aromatic carbocycles. The van der Waals surface area contributed by atoms with Gasteiger partial charge in [-0.2, -0.15) is 4.99 Å². The zero-order chi connectivity index (χ0) is 19.0. The summed E-state index contributed by atoms with van der Waals surface area (Å²) >= 11 is 1.40. The Labute approximate surface area is 159 Å². The fraction of sp³-hybridized carbons (Fsp3) is 0.263. The van der Waals surface area contributed by atoms with Crippen molar-refractivity contribution in [3.8, 4) is 23.0 Å². The van der Waals surface area contributed by atoms with Gasteiger partial charge in [-0.15, -0.1) is 0 Å². The molecule has 1 aromatic heterocycles. The Morgan fingerprint density at radius 2 is 1.74 bits per heavy atom. The number of benzene rings is 2. The van der Waals surface area contributed by atoms with E-state index in [1.54, 1.807) is 18.2 Å². The van der Waals surface area contributed by atoms with Crippen LogP contribution in [0, 0.1) is 0 Å². The lowest BCUT2D eigenvalue weighted by Crippen LogP contribution is -2.16. The summed E-state index contributed by atoms with van der Waals surface area (Å²) in [6.45, 7) is 1.05. The van der Waals surface area contributed by atoms with Gasteiger partial charge in [0.2, 0.25) is 0 Å². The summed E-state index contributed by atoms with van der Waals surface area (Å²) in [7, 11) is 4.88. The van der Waals surface area contributed by atoms with Crippen LogP contribution in [0.15, 0.2) is 35.3 Å². The van der Waals surface area contributed by atoms with Crippen molar-refractivity contribution < 1.29 is 23.7 Å². The molecule has 0 saturated heterocycles. The zero-order valence-electron chi connectivity index (χ0n) is 15.1. The predicted octanol–water partition coefficient (Wildman–Crippen LogP) is 2.77. The number of fused-ring (bicyclic) bond motifs is 2. The van der Waals surface area contributed by atoms with Gasteiger partial charge in [0.25, 0.3) is 5.91 Å². The van der Waals surface area contributed by atoms with Crippen molar-refractivity contribution >= 4 is 27.5 Å². The van der Waals surface area contributed by atoms with Crippen molar-refractivity contribution in [1.29, 1.82) is 0 Å². The van der Waals surface area contributed by atoms with Crippen molar-refractivity contribution in [3.63, 3.8) is 0 Å². The maximum Gasteiger partial charge on any atom is 0.287 e. The SMILES string of the molecule is COc1cccc(OC)c1C(=O)N=c1sc2cc3c(cc2n1C)OCCO3. The highest BCUT2D eigenvalue weighted by atomic mass is 32.1. The van der Waals surface area contributed by atoms with Gasteiger partial charge >= 0.3 is 0 Å². The average Bonchev–Trinajstić information content (AvgIpc) is 3.00. The highest BCUT2D eigenvalue weighted by Crippen LogP contribution is 2.35. The summed E-state index contributed by atoms with van der Waals surface area (Å²) in [6.07, 6.45) is 0. The molecule has 4 rings (SSSR count). The van der Waals surface area contributed by atoms with Crippen LogP contribution in [0.25, 0.3) is 10.2 Å². The summed E-state index contributed by atoms with van der Waals surface area (Å²) < 4.78 is 24.7. The van der Waals surface area contributed by atoms with Crippen molar-refractivity contribution in [3.05, 3.63) is 40.7 Å². The number of hydrogen-bond donors (Lipinski definition) is 0. The summed E-state index contributed by atoms with van der Waals surface area (Å²) in [4.78, 5) is 17.7. The second-order valence-corrected chi connectivity index (χ2v) is 6.87. The van der Waals surface area contributed by atoms with E-state index in [2.05, 4.69) is 4.99 Å². The van der Waals surface area contributed by atoms with Crippen molar-refractivity contribution in [2.75, 3.05) is 27.4 Å². The number of aryl methyl sites for hydroxylation is 1. The van der Waals surface area contributed by atoms with Crippen LogP contribution >= 0.6 is 11.3 Å². The number of ether oxygens (including phenoxy) is 4.